The molecule has 0 bridgehead atoms. The van der Waals surface area contributed by atoms with E-state index in [1.54, 1.807) is 18.8 Å². The fourth-order valence-electron chi connectivity index (χ4n) is 2.37. The van der Waals surface area contributed by atoms with Gasteiger partial charge in [0.25, 0.3) is 0 Å². The summed E-state index contributed by atoms with van der Waals surface area (Å²) in [5.74, 6) is 0.618. The number of hydrogen-bond donors (Lipinski definition) is 0. The van der Waals surface area contributed by atoms with Gasteiger partial charge in [0.15, 0.2) is 10.8 Å². The molecule has 108 valence electrons. The highest BCUT2D eigenvalue weighted by Crippen LogP contribution is 2.26. The number of hydrogen-bond acceptors (Lipinski definition) is 5. The number of ketones is 1. The number of fused-ring (bicyclic) bond motifs is 1. The number of carbonyl (C=O) groups excluding carboxylic acids is 1. The van der Waals surface area contributed by atoms with E-state index in [9.17, 15) is 4.79 Å². The van der Waals surface area contributed by atoms with Gasteiger partial charge < -0.3 is 4.74 Å². The molecule has 1 aromatic carbocycles. The second-order valence-corrected chi connectivity index (χ2v) is 5.81. The lowest BCUT2D eigenvalue weighted by Crippen LogP contribution is -2.05. The Morgan fingerprint density at radius 2 is 2.14 bits per heavy atom. The lowest BCUT2D eigenvalue weighted by molar-refractivity contribution is 0.0991. The molecule has 3 rings (SSSR count). The molecule has 0 amide bonds. The number of methoxy groups -OCH3 is 1. The molecule has 0 aliphatic heterocycles. The van der Waals surface area contributed by atoms with Crippen molar-refractivity contribution in [2.45, 2.75) is 13.3 Å². The minimum Gasteiger partial charge on any atom is -0.481 e. The molecule has 0 fully saturated rings. The number of para-hydroxylation sites is 1. The van der Waals surface area contributed by atoms with Crippen LogP contribution in [0.4, 0.5) is 0 Å². The zero-order valence-corrected chi connectivity index (χ0v) is 12.9. The third kappa shape index (κ3) is 2.42. The molecule has 2 heterocycles. The standard InChI is InChI=1S/C15H15N3O2S/c1-9-10(15(20-3)18(2)17-9)8-12(19)14-16-11-6-4-5-7-13(11)21-14/h4-7H,8H2,1-3H3. The third-order valence-corrected chi connectivity index (χ3v) is 4.43. The number of nitrogens with zero attached hydrogens (tertiary/aromatic N) is 3. The molecule has 0 radical (unpaired) electrons. The maximum atomic E-state index is 12.5. The Hall–Kier alpha value is -2.21. The Morgan fingerprint density at radius 3 is 2.86 bits per heavy atom. The largest absolute Gasteiger partial charge is 0.481 e. The van der Waals surface area contributed by atoms with Crippen molar-refractivity contribution >= 4 is 27.3 Å². The highest BCUT2D eigenvalue weighted by molar-refractivity contribution is 7.20. The lowest BCUT2D eigenvalue weighted by Gasteiger charge is -2.03. The third-order valence-electron chi connectivity index (χ3n) is 3.35. The first kappa shape index (κ1) is 13.8. The smallest absolute Gasteiger partial charge is 0.215 e. The maximum absolute atomic E-state index is 12.5. The van der Waals surface area contributed by atoms with Crippen LogP contribution in [-0.4, -0.2) is 27.7 Å². The fourth-order valence-corrected chi connectivity index (χ4v) is 3.27. The van der Waals surface area contributed by atoms with Crippen molar-refractivity contribution in [3.63, 3.8) is 0 Å². The summed E-state index contributed by atoms with van der Waals surface area (Å²) >= 11 is 1.42. The predicted octanol–water partition coefficient (Wildman–Crippen LogP) is 2.77. The van der Waals surface area contributed by atoms with Gasteiger partial charge in [0.2, 0.25) is 5.88 Å². The first-order valence-electron chi connectivity index (χ1n) is 6.55. The van der Waals surface area contributed by atoms with Crippen molar-refractivity contribution in [2.75, 3.05) is 7.11 Å². The SMILES string of the molecule is COc1c(CC(=O)c2nc3ccccc3s2)c(C)nn1C. The number of benzene rings is 1. The van der Waals surface area contributed by atoms with Gasteiger partial charge in [-0.15, -0.1) is 11.3 Å². The predicted molar refractivity (Wildman–Crippen MR) is 82.2 cm³/mol. The number of ether oxygens (including phenoxy) is 1. The molecule has 21 heavy (non-hydrogen) atoms. The minimum absolute atomic E-state index is 0.00870. The van der Waals surface area contributed by atoms with Gasteiger partial charge in [0, 0.05) is 19.0 Å². The summed E-state index contributed by atoms with van der Waals surface area (Å²) in [4.78, 5) is 16.9. The van der Waals surface area contributed by atoms with E-state index in [4.69, 9.17) is 4.74 Å². The molecule has 6 heteroatoms. The van der Waals surface area contributed by atoms with Gasteiger partial charge in [-0.1, -0.05) is 12.1 Å². The van der Waals surface area contributed by atoms with E-state index in [-0.39, 0.29) is 12.2 Å². The van der Waals surface area contributed by atoms with Gasteiger partial charge in [-0.3, -0.25) is 4.79 Å². The highest BCUT2D eigenvalue weighted by atomic mass is 32.1. The number of rotatable bonds is 4. The second-order valence-electron chi connectivity index (χ2n) is 4.78. The van der Waals surface area contributed by atoms with Gasteiger partial charge in [-0.05, 0) is 19.1 Å². The summed E-state index contributed by atoms with van der Waals surface area (Å²) in [5.41, 5.74) is 2.49. The van der Waals surface area contributed by atoms with Crippen LogP contribution in [0.25, 0.3) is 10.2 Å². The van der Waals surface area contributed by atoms with Crippen molar-refractivity contribution < 1.29 is 9.53 Å². The quantitative estimate of drug-likeness (QED) is 0.695. The molecular formula is C15H15N3O2S. The first-order valence-corrected chi connectivity index (χ1v) is 7.37. The summed E-state index contributed by atoms with van der Waals surface area (Å²) in [6, 6.07) is 7.76. The van der Waals surface area contributed by atoms with E-state index in [2.05, 4.69) is 10.1 Å². The van der Waals surface area contributed by atoms with Gasteiger partial charge in [-0.2, -0.15) is 5.10 Å². The molecule has 3 aromatic rings. The van der Waals surface area contributed by atoms with E-state index in [0.717, 1.165) is 21.5 Å². The molecule has 0 aliphatic carbocycles. The molecule has 0 aliphatic rings. The van der Waals surface area contributed by atoms with Crippen LogP contribution in [-0.2, 0) is 13.5 Å². The molecule has 5 nitrogen and oxygen atoms in total. The fraction of sp³-hybridized carbons (Fsp3) is 0.267. The van der Waals surface area contributed by atoms with Crippen LogP contribution in [0.2, 0.25) is 0 Å². The van der Waals surface area contributed by atoms with Crippen LogP contribution in [0.1, 0.15) is 21.1 Å². The molecular weight excluding hydrogens is 286 g/mol. The number of thiazole rings is 1. The second kappa shape index (κ2) is 5.29. The zero-order valence-electron chi connectivity index (χ0n) is 12.1. The highest BCUT2D eigenvalue weighted by Gasteiger charge is 2.20. The van der Waals surface area contributed by atoms with E-state index < -0.39 is 0 Å². The summed E-state index contributed by atoms with van der Waals surface area (Å²) in [5, 5.41) is 4.82. The average molecular weight is 301 g/mol. The van der Waals surface area contributed by atoms with E-state index >= 15 is 0 Å². The molecule has 2 aromatic heterocycles. The van der Waals surface area contributed by atoms with Crippen LogP contribution < -0.4 is 4.74 Å². The Kier molecular flexibility index (Phi) is 3.47. The molecule has 0 saturated heterocycles. The van der Waals surface area contributed by atoms with Crippen molar-refractivity contribution in [1.29, 1.82) is 0 Å². The number of Topliss-reactive ketones (excluding diaryl/α,β-unsaturated/α-hetero) is 1. The molecule has 0 atom stereocenters. The molecule has 0 unspecified atom stereocenters. The summed E-state index contributed by atoms with van der Waals surface area (Å²) in [7, 11) is 3.39. The number of aryl methyl sites for hydroxylation is 2. The Morgan fingerprint density at radius 1 is 1.38 bits per heavy atom. The van der Waals surface area contributed by atoms with Crippen molar-refractivity contribution in [3.8, 4) is 5.88 Å². The number of aromatic nitrogens is 3. The van der Waals surface area contributed by atoms with E-state index in [1.165, 1.54) is 11.3 Å². The Labute approximate surface area is 126 Å². The van der Waals surface area contributed by atoms with Gasteiger partial charge in [0.05, 0.1) is 23.0 Å². The van der Waals surface area contributed by atoms with Crippen molar-refractivity contribution in [3.05, 3.63) is 40.5 Å². The Bertz CT molecular complexity index is 787. The van der Waals surface area contributed by atoms with Crippen LogP contribution >= 0.6 is 11.3 Å². The number of carbonyl (C=O) groups is 1. The maximum Gasteiger partial charge on any atom is 0.215 e. The Balaban J connectivity index is 1.93. The summed E-state index contributed by atoms with van der Waals surface area (Å²) < 4.78 is 8.00. The summed E-state index contributed by atoms with van der Waals surface area (Å²) in [6.07, 6.45) is 0.253. The monoisotopic (exact) mass is 301 g/mol. The van der Waals surface area contributed by atoms with E-state index in [1.807, 2.05) is 31.2 Å². The minimum atomic E-state index is -0.00870. The lowest BCUT2D eigenvalue weighted by atomic mass is 10.1. The van der Waals surface area contributed by atoms with Crippen molar-refractivity contribution in [2.24, 2.45) is 7.05 Å². The topological polar surface area (TPSA) is 57.0 Å². The first-order chi connectivity index (χ1) is 10.1. The average Bonchev–Trinajstić information content (AvgIpc) is 3.00. The molecule has 0 saturated carbocycles. The molecule has 0 N–H and O–H groups in total. The van der Waals surface area contributed by atoms with E-state index in [0.29, 0.717) is 10.9 Å². The van der Waals surface area contributed by atoms with Gasteiger partial charge in [-0.25, -0.2) is 9.67 Å². The normalized spacial score (nSPS) is 11.0. The van der Waals surface area contributed by atoms with Crippen LogP contribution in [0, 0.1) is 6.92 Å². The van der Waals surface area contributed by atoms with Crippen LogP contribution in [0.3, 0.4) is 0 Å². The zero-order chi connectivity index (χ0) is 15.0. The summed E-state index contributed by atoms with van der Waals surface area (Å²) in [6.45, 7) is 1.88. The molecule has 0 spiro atoms. The van der Waals surface area contributed by atoms with Crippen molar-refractivity contribution in [1.82, 2.24) is 14.8 Å². The van der Waals surface area contributed by atoms with Gasteiger partial charge >= 0.3 is 0 Å². The van der Waals surface area contributed by atoms with Gasteiger partial charge in [0.1, 0.15) is 0 Å². The van der Waals surface area contributed by atoms with Crippen LogP contribution in [0.5, 0.6) is 5.88 Å². The van der Waals surface area contributed by atoms with Crippen LogP contribution in [0.15, 0.2) is 24.3 Å².